The van der Waals surface area contributed by atoms with Crippen LogP contribution in [0.3, 0.4) is 0 Å². The van der Waals surface area contributed by atoms with E-state index in [0.29, 0.717) is 0 Å². The zero-order valence-electron chi connectivity index (χ0n) is 12.1. The van der Waals surface area contributed by atoms with Crippen molar-refractivity contribution in [3.05, 3.63) is 35.4 Å². The van der Waals surface area contributed by atoms with Crippen molar-refractivity contribution < 1.29 is 4.79 Å². The summed E-state index contributed by atoms with van der Waals surface area (Å²) < 4.78 is 0. The predicted octanol–water partition coefficient (Wildman–Crippen LogP) is 0.865. The lowest BCUT2D eigenvalue weighted by atomic mass is 9.95. The van der Waals surface area contributed by atoms with Gasteiger partial charge in [-0.1, -0.05) is 31.2 Å². The number of piperazine rings is 1. The van der Waals surface area contributed by atoms with Crippen LogP contribution in [0.4, 0.5) is 0 Å². The van der Waals surface area contributed by atoms with E-state index in [1.54, 1.807) is 0 Å². The average molecular weight is 273 g/mol. The van der Waals surface area contributed by atoms with Crippen LogP contribution in [0, 0.1) is 0 Å². The van der Waals surface area contributed by atoms with Gasteiger partial charge in [0.2, 0.25) is 5.91 Å². The molecule has 0 aliphatic carbocycles. The minimum atomic E-state index is -0.0434. The molecule has 0 radical (unpaired) electrons. The third-order valence-electron chi connectivity index (χ3n) is 4.51. The molecule has 2 aliphatic heterocycles. The molecule has 1 aromatic carbocycles. The van der Waals surface area contributed by atoms with E-state index in [1.807, 2.05) is 4.90 Å². The van der Waals surface area contributed by atoms with Crippen molar-refractivity contribution >= 4 is 5.91 Å². The summed E-state index contributed by atoms with van der Waals surface area (Å²) >= 11 is 0. The molecule has 0 aromatic heterocycles. The van der Waals surface area contributed by atoms with Crippen LogP contribution in [0.25, 0.3) is 0 Å². The van der Waals surface area contributed by atoms with E-state index in [2.05, 4.69) is 41.4 Å². The first kappa shape index (κ1) is 13.6. The van der Waals surface area contributed by atoms with Crippen LogP contribution in [-0.2, 0) is 17.8 Å². The Kier molecular flexibility index (Phi) is 4.03. The quantitative estimate of drug-likeness (QED) is 0.868. The Balaban J connectivity index is 1.62. The summed E-state index contributed by atoms with van der Waals surface area (Å²) in [5, 5.41) is 3.39. The second-order valence-corrected chi connectivity index (χ2v) is 5.67. The van der Waals surface area contributed by atoms with E-state index in [9.17, 15) is 4.79 Å². The molecule has 2 heterocycles. The van der Waals surface area contributed by atoms with Crippen LogP contribution in [0.1, 0.15) is 18.1 Å². The van der Waals surface area contributed by atoms with Crippen molar-refractivity contribution in [2.75, 3.05) is 32.7 Å². The minimum absolute atomic E-state index is 0.0434. The Morgan fingerprint density at radius 2 is 1.90 bits per heavy atom. The van der Waals surface area contributed by atoms with Crippen LogP contribution < -0.4 is 5.32 Å². The highest BCUT2D eigenvalue weighted by Gasteiger charge is 2.29. The van der Waals surface area contributed by atoms with Gasteiger partial charge in [0, 0.05) is 32.7 Å². The first-order chi connectivity index (χ1) is 9.78. The number of carbonyl (C=O) groups excluding carboxylic acids is 1. The van der Waals surface area contributed by atoms with Crippen molar-refractivity contribution in [2.24, 2.45) is 0 Å². The van der Waals surface area contributed by atoms with Gasteiger partial charge in [-0.05, 0) is 24.1 Å². The summed E-state index contributed by atoms with van der Waals surface area (Å²) in [5.74, 6) is 0.273. The summed E-state index contributed by atoms with van der Waals surface area (Å²) in [6.07, 6.45) is 0.822. The van der Waals surface area contributed by atoms with Gasteiger partial charge in [-0.3, -0.25) is 4.79 Å². The molecule has 108 valence electrons. The molecule has 1 saturated heterocycles. The zero-order chi connectivity index (χ0) is 13.9. The highest BCUT2D eigenvalue weighted by molar-refractivity contribution is 5.82. The lowest BCUT2D eigenvalue weighted by Gasteiger charge is -2.37. The number of hydrogen-bond acceptors (Lipinski definition) is 3. The first-order valence-electron chi connectivity index (χ1n) is 7.59. The van der Waals surface area contributed by atoms with Gasteiger partial charge >= 0.3 is 0 Å². The fourth-order valence-electron chi connectivity index (χ4n) is 3.13. The minimum Gasteiger partial charge on any atom is -0.339 e. The number of fused-ring (bicyclic) bond motifs is 1. The van der Waals surface area contributed by atoms with E-state index in [0.717, 1.165) is 45.7 Å². The van der Waals surface area contributed by atoms with Gasteiger partial charge in [0.15, 0.2) is 0 Å². The summed E-state index contributed by atoms with van der Waals surface area (Å²) in [7, 11) is 0. The predicted molar refractivity (Wildman–Crippen MR) is 79.5 cm³/mol. The smallest absolute Gasteiger partial charge is 0.240 e. The first-order valence-corrected chi connectivity index (χ1v) is 7.59. The van der Waals surface area contributed by atoms with E-state index in [-0.39, 0.29) is 11.9 Å². The molecule has 1 N–H and O–H groups in total. The molecule has 1 atom stereocenters. The van der Waals surface area contributed by atoms with Crippen molar-refractivity contribution in [3.8, 4) is 0 Å². The molecular formula is C16H23N3O. The number of benzene rings is 1. The van der Waals surface area contributed by atoms with Gasteiger partial charge in [-0.15, -0.1) is 0 Å². The molecule has 4 heteroatoms. The van der Waals surface area contributed by atoms with Crippen LogP contribution in [0.2, 0.25) is 0 Å². The number of nitrogens with zero attached hydrogens (tertiary/aromatic N) is 2. The van der Waals surface area contributed by atoms with Crippen LogP contribution >= 0.6 is 0 Å². The Labute approximate surface area is 120 Å². The molecule has 20 heavy (non-hydrogen) atoms. The standard InChI is InChI=1S/C16H23N3O/c1-2-18-7-9-19(10-8-18)16(20)15-11-13-5-3-4-6-14(13)12-17-15/h3-6,15,17H,2,7-12H2,1H3/t15-/m1/s1. The molecule has 1 amide bonds. The summed E-state index contributed by atoms with van der Waals surface area (Å²) in [6, 6.07) is 8.37. The van der Waals surface area contributed by atoms with Crippen molar-refractivity contribution in [1.29, 1.82) is 0 Å². The Hall–Kier alpha value is -1.39. The Morgan fingerprint density at radius 3 is 2.60 bits per heavy atom. The van der Waals surface area contributed by atoms with E-state index >= 15 is 0 Å². The fourth-order valence-corrected chi connectivity index (χ4v) is 3.13. The SMILES string of the molecule is CCN1CCN(C(=O)[C@H]2Cc3ccccc3CN2)CC1. The van der Waals surface area contributed by atoms with E-state index in [4.69, 9.17) is 0 Å². The average Bonchev–Trinajstić information content (AvgIpc) is 2.54. The molecular weight excluding hydrogens is 250 g/mol. The number of nitrogens with one attached hydrogen (secondary N) is 1. The second kappa shape index (κ2) is 5.94. The van der Waals surface area contributed by atoms with Crippen LogP contribution in [-0.4, -0.2) is 54.5 Å². The number of hydrogen-bond donors (Lipinski definition) is 1. The summed E-state index contributed by atoms with van der Waals surface area (Å²) in [5.41, 5.74) is 2.64. The Morgan fingerprint density at radius 1 is 1.20 bits per heavy atom. The number of likely N-dealkylation sites (N-methyl/N-ethyl adjacent to an activating group) is 1. The number of amides is 1. The molecule has 1 fully saturated rings. The maximum absolute atomic E-state index is 12.6. The summed E-state index contributed by atoms with van der Waals surface area (Å²) in [4.78, 5) is 17.0. The largest absolute Gasteiger partial charge is 0.339 e. The molecule has 0 spiro atoms. The molecule has 1 aromatic rings. The number of rotatable bonds is 2. The topological polar surface area (TPSA) is 35.6 Å². The summed E-state index contributed by atoms with van der Waals surface area (Å²) in [6.45, 7) is 7.81. The van der Waals surface area contributed by atoms with Gasteiger partial charge in [0.25, 0.3) is 0 Å². The third kappa shape index (κ3) is 2.72. The van der Waals surface area contributed by atoms with E-state index in [1.165, 1.54) is 11.1 Å². The molecule has 4 nitrogen and oxygen atoms in total. The second-order valence-electron chi connectivity index (χ2n) is 5.67. The maximum Gasteiger partial charge on any atom is 0.240 e. The maximum atomic E-state index is 12.6. The Bertz CT molecular complexity index is 480. The molecule has 2 aliphatic rings. The lowest BCUT2D eigenvalue weighted by Crippen LogP contribution is -2.55. The zero-order valence-corrected chi connectivity index (χ0v) is 12.1. The third-order valence-corrected chi connectivity index (χ3v) is 4.51. The molecule has 0 bridgehead atoms. The van der Waals surface area contributed by atoms with Gasteiger partial charge in [-0.25, -0.2) is 0 Å². The highest BCUT2D eigenvalue weighted by atomic mass is 16.2. The van der Waals surface area contributed by atoms with E-state index < -0.39 is 0 Å². The highest BCUT2D eigenvalue weighted by Crippen LogP contribution is 2.17. The number of carbonyl (C=O) groups is 1. The molecule has 0 unspecified atom stereocenters. The van der Waals surface area contributed by atoms with Crippen molar-refractivity contribution in [2.45, 2.75) is 25.9 Å². The lowest BCUT2D eigenvalue weighted by molar-refractivity contribution is -0.135. The molecule has 0 saturated carbocycles. The van der Waals surface area contributed by atoms with Gasteiger partial charge in [-0.2, -0.15) is 0 Å². The van der Waals surface area contributed by atoms with Crippen LogP contribution in [0.15, 0.2) is 24.3 Å². The van der Waals surface area contributed by atoms with Gasteiger partial charge in [0.05, 0.1) is 6.04 Å². The van der Waals surface area contributed by atoms with Crippen molar-refractivity contribution in [1.82, 2.24) is 15.1 Å². The monoisotopic (exact) mass is 273 g/mol. The molecule has 3 rings (SSSR count). The normalized spacial score (nSPS) is 23.4. The van der Waals surface area contributed by atoms with Gasteiger partial charge in [0.1, 0.15) is 0 Å². The fraction of sp³-hybridized carbons (Fsp3) is 0.562. The van der Waals surface area contributed by atoms with Crippen molar-refractivity contribution in [3.63, 3.8) is 0 Å². The van der Waals surface area contributed by atoms with Gasteiger partial charge < -0.3 is 15.1 Å². The van der Waals surface area contributed by atoms with Crippen LogP contribution in [0.5, 0.6) is 0 Å².